The van der Waals surface area contributed by atoms with Crippen LogP contribution in [0.1, 0.15) is 0 Å². The second-order valence-electron chi connectivity index (χ2n) is 4.91. The van der Waals surface area contributed by atoms with Gasteiger partial charge in [0.05, 0.1) is 28.6 Å². The molecule has 106 valence electrons. The van der Waals surface area contributed by atoms with Crippen LogP contribution in [0, 0.1) is 0 Å². The van der Waals surface area contributed by atoms with E-state index in [0.29, 0.717) is 0 Å². The molecule has 4 rings (SSSR count). The van der Waals surface area contributed by atoms with E-state index in [1.807, 2.05) is 42.6 Å². The Bertz CT molecular complexity index is 947. The maximum atomic E-state index is 4.71. The first-order valence-corrected chi connectivity index (χ1v) is 7.62. The monoisotopic (exact) mass is 350 g/mol. The topological polar surface area (TPSA) is 54.5 Å². The third kappa shape index (κ3) is 2.29. The number of H-pyrrole nitrogens is 1. The number of benzene rings is 1. The van der Waals surface area contributed by atoms with Crippen LogP contribution in [0.2, 0.25) is 0 Å². The summed E-state index contributed by atoms with van der Waals surface area (Å²) in [6, 6.07) is 16.0. The van der Waals surface area contributed by atoms with Gasteiger partial charge in [-0.05, 0) is 34.1 Å². The van der Waals surface area contributed by atoms with Crippen molar-refractivity contribution < 1.29 is 0 Å². The summed E-state index contributed by atoms with van der Waals surface area (Å²) >= 11 is 3.44. The van der Waals surface area contributed by atoms with Gasteiger partial charge in [0.25, 0.3) is 0 Å². The molecule has 0 aliphatic heterocycles. The first kappa shape index (κ1) is 13.2. The Balaban J connectivity index is 1.88. The molecular formula is C17H11BrN4. The van der Waals surface area contributed by atoms with Gasteiger partial charge in [-0.1, -0.05) is 30.3 Å². The first-order valence-electron chi connectivity index (χ1n) is 6.83. The number of fused-ring (bicyclic) bond motifs is 1. The fourth-order valence-electron chi connectivity index (χ4n) is 2.44. The van der Waals surface area contributed by atoms with Crippen molar-refractivity contribution >= 4 is 27.0 Å². The smallest absolute Gasteiger partial charge is 0.0905 e. The van der Waals surface area contributed by atoms with Crippen molar-refractivity contribution in [1.29, 1.82) is 0 Å². The summed E-state index contributed by atoms with van der Waals surface area (Å²) in [5.41, 5.74) is 5.64. The molecule has 0 unspecified atom stereocenters. The molecule has 22 heavy (non-hydrogen) atoms. The Labute approximate surface area is 135 Å². The van der Waals surface area contributed by atoms with Crippen LogP contribution in [0.5, 0.6) is 0 Å². The molecule has 0 aliphatic rings. The molecule has 0 radical (unpaired) electrons. The molecule has 0 saturated heterocycles. The van der Waals surface area contributed by atoms with Crippen LogP contribution in [0.3, 0.4) is 0 Å². The Morgan fingerprint density at radius 1 is 0.909 bits per heavy atom. The average Bonchev–Trinajstić information content (AvgIpc) is 3.04. The van der Waals surface area contributed by atoms with Gasteiger partial charge in [0, 0.05) is 21.8 Å². The maximum absolute atomic E-state index is 4.71. The molecule has 4 aromatic rings. The number of halogens is 1. The highest BCUT2D eigenvalue weighted by molar-refractivity contribution is 9.10. The van der Waals surface area contributed by atoms with E-state index in [2.05, 4.69) is 43.2 Å². The van der Waals surface area contributed by atoms with E-state index in [-0.39, 0.29) is 0 Å². The summed E-state index contributed by atoms with van der Waals surface area (Å²) < 4.78 is 0.917. The summed E-state index contributed by atoms with van der Waals surface area (Å²) in [5.74, 6) is 0. The number of nitrogens with one attached hydrogen (secondary N) is 1. The van der Waals surface area contributed by atoms with Crippen molar-refractivity contribution in [3.63, 3.8) is 0 Å². The van der Waals surface area contributed by atoms with Gasteiger partial charge in [-0.2, -0.15) is 5.10 Å². The molecule has 0 fully saturated rings. The van der Waals surface area contributed by atoms with E-state index >= 15 is 0 Å². The van der Waals surface area contributed by atoms with Gasteiger partial charge in [0.2, 0.25) is 0 Å². The number of hydrogen-bond acceptors (Lipinski definition) is 3. The van der Waals surface area contributed by atoms with E-state index in [4.69, 9.17) is 4.98 Å². The predicted octanol–water partition coefficient (Wildman–Crippen LogP) is 4.45. The normalized spacial score (nSPS) is 11.0. The number of hydrogen-bond donors (Lipinski definition) is 1. The van der Waals surface area contributed by atoms with Gasteiger partial charge < -0.3 is 0 Å². The van der Waals surface area contributed by atoms with Gasteiger partial charge in [-0.15, -0.1) is 0 Å². The molecule has 0 amide bonds. The van der Waals surface area contributed by atoms with Crippen LogP contribution < -0.4 is 0 Å². The minimum atomic E-state index is 0.854. The summed E-state index contributed by atoms with van der Waals surface area (Å²) in [6.45, 7) is 0. The van der Waals surface area contributed by atoms with Crippen LogP contribution in [-0.2, 0) is 0 Å². The lowest BCUT2D eigenvalue weighted by Crippen LogP contribution is -1.88. The molecule has 5 heteroatoms. The van der Waals surface area contributed by atoms with E-state index in [9.17, 15) is 0 Å². The molecule has 0 bridgehead atoms. The zero-order chi connectivity index (χ0) is 14.9. The van der Waals surface area contributed by atoms with Crippen LogP contribution in [0.25, 0.3) is 33.5 Å². The summed E-state index contributed by atoms with van der Waals surface area (Å²) in [4.78, 5) is 9.06. The Hall–Kier alpha value is -2.53. The number of rotatable bonds is 2. The van der Waals surface area contributed by atoms with Crippen LogP contribution >= 0.6 is 15.9 Å². The summed E-state index contributed by atoms with van der Waals surface area (Å²) in [7, 11) is 0. The van der Waals surface area contributed by atoms with Crippen molar-refractivity contribution in [2.75, 3.05) is 0 Å². The lowest BCUT2D eigenvalue weighted by atomic mass is 10.1. The van der Waals surface area contributed by atoms with E-state index in [1.54, 1.807) is 6.20 Å². The van der Waals surface area contributed by atoms with Crippen molar-refractivity contribution in [2.45, 2.75) is 0 Å². The third-order valence-electron chi connectivity index (χ3n) is 3.48. The van der Waals surface area contributed by atoms with Crippen LogP contribution in [0.4, 0.5) is 0 Å². The Kier molecular flexibility index (Phi) is 3.20. The van der Waals surface area contributed by atoms with E-state index < -0.39 is 0 Å². The van der Waals surface area contributed by atoms with Crippen molar-refractivity contribution in [1.82, 2.24) is 20.2 Å². The molecule has 1 aromatic carbocycles. The molecular weight excluding hydrogens is 340 g/mol. The zero-order valence-corrected chi connectivity index (χ0v) is 13.1. The Morgan fingerprint density at radius 3 is 2.64 bits per heavy atom. The van der Waals surface area contributed by atoms with Crippen LogP contribution in [0.15, 0.2) is 65.4 Å². The van der Waals surface area contributed by atoms with Crippen molar-refractivity contribution in [3.05, 3.63) is 65.4 Å². The van der Waals surface area contributed by atoms with Gasteiger partial charge in [-0.3, -0.25) is 10.1 Å². The molecule has 4 nitrogen and oxygen atoms in total. The molecule has 0 spiro atoms. The van der Waals surface area contributed by atoms with Crippen LogP contribution in [-0.4, -0.2) is 20.2 Å². The number of pyridine rings is 2. The quantitative estimate of drug-likeness (QED) is 0.581. The highest BCUT2D eigenvalue weighted by atomic mass is 79.9. The van der Waals surface area contributed by atoms with Crippen molar-refractivity contribution in [2.24, 2.45) is 0 Å². The van der Waals surface area contributed by atoms with Gasteiger partial charge in [0.1, 0.15) is 0 Å². The summed E-state index contributed by atoms with van der Waals surface area (Å²) in [6.07, 6.45) is 3.58. The molecule has 0 atom stereocenters. The highest BCUT2D eigenvalue weighted by Gasteiger charge is 2.11. The van der Waals surface area contributed by atoms with Gasteiger partial charge in [-0.25, -0.2) is 4.98 Å². The number of aromatic amines is 1. The minimum absolute atomic E-state index is 0.854. The largest absolute Gasteiger partial charge is 0.277 e. The van der Waals surface area contributed by atoms with Gasteiger partial charge >= 0.3 is 0 Å². The SMILES string of the molecule is Brc1cnc2ccc(-c3cn[nH]c3-c3ccccc3)nc2c1. The molecule has 3 aromatic heterocycles. The minimum Gasteiger partial charge on any atom is -0.277 e. The van der Waals surface area contributed by atoms with E-state index in [0.717, 1.165) is 38.0 Å². The second kappa shape index (κ2) is 5.35. The highest BCUT2D eigenvalue weighted by Crippen LogP contribution is 2.29. The third-order valence-corrected chi connectivity index (χ3v) is 3.92. The molecule has 3 heterocycles. The standard InChI is InChI=1S/C17H11BrN4/c18-12-8-16-15(19-9-12)7-6-14(21-16)13-10-20-22-17(13)11-4-2-1-3-5-11/h1-10H,(H,20,22). The molecule has 0 saturated carbocycles. The second-order valence-corrected chi connectivity index (χ2v) is 5.83. The van der Waals surface area contributed by atoms with Gasteiger partial charge in [0.15, 0.2) is 0 Å². The number of aromatic nitrogens is 4. The van der Waals surface area contributed by atoms with Crippen molar-refractivity contribution in [3.8, 4) is 22.5 Å². The predicted molar refractivity (Wildman–Crippen MR) is 90.3 cm³/mol. The zero-order valence-electron chi connectivity index (χ0n) is 11.5. The summed E-state index contributed by atoms with van der Waals surface area (Å²) in [5, 5.41) is 7.25. The fraction of sp³-hybridized carbons (Fsp3) is 0. The fourth-order valence-corrected chi connectivity index (χ4v) is 2.76. The maximum Gasteiger partial charge on any atom is 0.0905 e. The lowest BCUT2D eigenvalue weighted by molar-refractivity contribution is 1.10. The lowest BCUT2D eigenvalue weighted by Gasteiger charge is -2.04. The number of nitrogens with zero attached hydrogens (tertiary/aromatic N) is 3. The first-order chi connectivity index (χ1) is 10.8. The average molecular weight is 351 g/mol. The molecule has 0 aliphatic carbocycles. The Morgan fingerprint density at radius 2 is 1.77 bits per heavy atom. The van der Waals surface area contributed by atoms with E-state index in [1.165, 1.54) is 0 Å². The molecule has 1 N–H and O–H groups in total.